The maximum absolute atomic E-state index is 11.7. The molecule has 0 bridgehead atoms. The average molecular weight is 311 g/mol. The van der Waals surface area contributed by atoms with Crippen molar-refractivity contribution >= 4 is 17.5 Å². The van der Waals surface area contributed by atoms with Crippen molar-refractivity contribution in [2.75, 3.05) is 45.4 Å². The molecule has 0 radical (unpaired) electrons. The fraction of sp³-hybridized carbons (Fsp3) is 0.538. The fourth-order valence-corrected chi connectivity index (χ4v) is 2.33. The minimum Gasteiger partial charge on any atom is -0.465 e. The Bertz CT molecular complexity index is 563. The largest absolute Gasteiger partial charge is 0.465 e. The zero-order valence-corrected chi connectivity index (χ0v) is 12.4. The van der Waals surface area contributed by atoms with E-state index in [4.69, 9.17) is 9.47 Å². The van der Waals surface area contributed by atoms with Gasteiger partial charge in [-0.2, -0.15) is 0 Å². The van der Waals surface area contributed by atoms with Crippen LogP contribution in [0.2, 0.25) is 0 Å². The number of hydrogen-bond donors (Lipinski definition) is 0. The molecule has 2 heterocycles. The van der Waals surface area contributed by atoms with E-state index in [2.05, 4.69) is 9.72 Å². The summed E-state index contributed by atoms with van der Waals surface area (Å²) >= 11 is 0. The normalized spacial score (nSPS) is 18.1. The molecule has 9 nitrogen and oxygen atoms in total. The van der Waals surface area contributed by atoms with Gasteiger partial charge in [0.05, 0.1) is 31.4 Å². The highest BCUT2D eigenvalue weighted by Gasteiger charge is 2.32. The van der Waals surface area contributed by atoms with Crippen LogP contribution in [0.5, 0.6) is 0 Å². The summed E-state index contributed by atoms with van der Waals surface area (Å²) in [4.78, 5) is 28.3. The van der Waals surface area contributed by atoms with E-state index in [1.165, 1.54) is 19.4 Å². The van der Waals surface area contributed by atoms with Crippen molar-refractivity contribution in [3.8, 4) is 0 Å². The zero-order valence-electron chi connectivity index (χ0n) is 12.4. The first-order valence-electron chi connectivity index (χ1n) is 6.65. The Kier molecular flexibility index (Phi) is 5.23. The average Bonchev–Trinajstić information content (AvgIpc) is 2.54. The molecule has 1 unspecified atom stereocenters. The molecule has 1 atom stereocenters. The highest BCUT2D eigenvalue weighted by Crippen LogP contribution is 2.31. The summed E-state index contributed by atoms with van der Waals surface area (Å²) in [5.41, 5.74) is -0.472. The summed E-state index contributed by atoms with van der Waals surface area (Å²) in [5, 5.41) is 11.4. The zero-order chi connectivity index (χ0) is 16.1. The predicted octanol–water partition coefficient (Wildman–Crippen LogP) is 0.628. The summed E-state index contributed by atoms with van der Waals surface area (Å²) in [7, 11) is 2.73. The molecule has 1 saturated heterocycles. The minimum absolute atomic E-state index is 0.118. The molecule has 1 aliphatic rings. The van der Waals surface area contributed by atoms with Gasteiger partial charge in [-0.15, -0.1) is 0 Å². The Morgan fingerprint density at radius 2 is 2.36 bits per heavy atom. The molecule has 1 aromatic heterocycles. The number of anilines is 1. The van der Waals surface area contributed by atoms with Crippen LogP contribution in [0, 0.1) is 10.1 Å². The van der Waals surface area contributed by atoms with Crippen LogP contribution in [-0.2, 0) is 14.2 Å². The van der Waals surface area contributed by atoms with E-state index >= 15 is 0 Å². The van der Waals surface area contributed by atoms with E-state index in [9.17, 15) is 14.9 Å². The van der Waals surface area contributed by atoms with Crippen LogP contribution < -0.4 is 4.90 Å². The second kappa shape index (κ2) is 7.14. The van der Waals surface area contributed by atoms with E-state index in [0.717, 1.165) is 0 Å². The molecule has 2 rings (SSSR count). The van der Waals surface area contributed by atoms with Crippen molar-refractivity contribution in [3.05, 3.63) is 27.9 Å². The molecule has 9 heteroatoms. The van der Waals surface area contributed by atoms with Gasteiger partial charge in [0.1, 0.15) is 5.56 Å². The number of rotatable bonds is 5. The highest BCUT2D eigenvalue weighted by molar-refractivity contribution is 5.96. The monoisotopic (exact) mass is 311 g/mol. The van der Waals surface area contributed by atoms with Crippen LogP contribution in [-0.4, -0.2) is 62.5 Å². The SMILES string of the molecule is COCC1CN(c2nccc(C(=O)OC)c2[N+](=O)[O-])CCO1. The molecule has 22 heavy (non-hydrogen) atoms. The van der Waals surface area contributed by atoms with Crippen LogP contribution in [0.1, 0.15) is 10.4 Å². The Morgan fingerprint density at radius 3 is 3.00 bits per heavy atom. The van der Waals surface area contributed by atoms with Crippen molar-refractivity contribution < 1.29 is 23.9 Å². The number of morpholine rings is 1. The van der Waals surface area contributed by atoms with Gasteiger partial charge < -0.3 is 19.1 Å². The van der Waals surface area contributed by atoms with Gasteiger partial charge in [-0.05, 0) is 6.07 Å². The van der Waals surface area contributed by atoms with Gasteiger partial charge >= 0.3 is 11.7 Å². The van der Waals surface area contributed by atoms with Gasteiger partial charge in [0.2, 0.25) is 5.82 Å². The highest BCUT2D eigenvalue weighted by atomic mass is 16.6. The molecule has 0 amide bonds. The van der Waals surface area contributed by atoms with E-state index in [1.807, 2.05) is 0 Å². The number of esters is 1. The molecule has 1 aliphatic heterocycles. The van der Waals surface area contributed by atoms with Crippen molar-refractivity contribution in [3.63, 3.8) is 0 Å². The summed E-state index contributed by atoms with van der Waals surface area (Å²) in [6.45, 7) is 1.61. The first-order chi connectivity index (χ1) is 10.6. The third kappa shape index (κ3) is 3.31. The first-order valence-corrected chi connectivity index (χ1v) is 6.65. The number of nitro groups is 1. The number of carbonyl (C=O) groups excluding carboxylic acids is 1. The molecule has 0 saturated carbocycles. The van der Waals surface area contributed by atoms with Crippen molar-refractivity contribution in [2.24, 2.45) is 0 Å². The number of carbonyl (C=O) groups is 1. The molecular weight excluding hydrogens is 294 g/mol. The predicted molar refractivity (Wildman–Crippen MR) is 76.1 cm³/mol. The quantitative estimate of drug-likeness (QED) is 0.443. The molecule has 0 aromatic carbocycles. The standard InChI is InChI=1S/C13H17N3O6/c1-20-8-9-7-15(5-6-22-9)12-11(16(18)19)10(3-4-14-12)13(17)21-2/h3-4,9H,5-8H2,1-2H3. The van der Waals surface area contributed by atoms with E-state index < -0.39 is 10.9 Å². The van der Waals surface area contributed by atoms with Crippen molar-refractivity contribution in [2.45, 2.75) is 6.10 Å². The van der Waals surface area contributed by atoms with Gasteiger partial charge in [0, 0.05) is 26.4 Å². The number of methoxy groups -OCH3 is 2. The number of hydrogen-bond acceptors (Lipinski definition) is 8. The van der Waals surface area contributed by atoms with Crippen molar-refractivity contribution in [1.29, 1.82) is 0 Å². The van der Waals surface area contributed by atoms with Crippen LogP contribution in [0.25, 0.3) is 0 Å². The molecule has 0 spiro atoms. The molecule has 0 N–H and O–H groups in total. The maximum Gasteiger partial charge on any atom is 0.345 e. The lowest BCUT2D eigenvalue weighted by atomic mass is 10.2. The fourth-order valence-electron chi connectivity index (χ4n) is 2.33. The Morgan fingerprint density at radius 1 is 1.59 bits per heavy atom. The van der Waals surface area contributed by atoms with E-state index in [-0.39, 0.29) is 23.2 Å². The summed E-state index contributed by atoms with van der Waals surface area (Å²) in [5.74, 6) is -0.630. The Labute approximate surface area is 126 Å². The van der Waals surface area contributed by atoms with Gasteiger partial charge in [0.25, 0.3) is 0 Å². The minimum atomic E-state index is -0.767. The molecular formula is C13H17N3O6. The first kappa shape index (κ1) is 16.1. The number of ether oxygens (including phenoxy) is 3. The van der Waals surface area contributed by atoms with E-state index in [0.29, 0.717) is 26.3 Å². The van der Waals surface area contributed by atoms with Crippen molar-refractivity contribution in [1.82, 2.24) is 4.98 Å². The summed E-state index contributed by atoms with van der Waals surface area (Å²) in [6, 6.07) is 1.28. The van der Waals surface area contributed by atoms with Gasteiger partial charge in [-0.25, -0.2) is 9.78 Å². The maximum atomic E-state index is 11.7. The van der Waals surface area contributed by atoms with Gasteiger partial charge in [-0.1, -0.05) is 0 Å². The van der Waals surface area contributed by atoms with Crippen LogP contribution in [0.15, 0.2) is 12.3 Å². The van der Waals surface area contributed by atoms with Crippen LogP contribution >= 0.6 is 0 Å². The van der Waals surface area contributed by atoms with Crippen LogP contribution in [0.3, 0.4) is 0 Å². The van der Waals surface area contributed by atoms with Gasteiger partial charge in [0.15, 0.2) is 0 Å². The number of nitrogens with zero attached hydrogens (tertiary/aromatic N) is 3. The van der Waals surface area contributed by atoms with Crippen LogP contribution in [0.4, 0.5) is 11.5 Å². The molecule has 120 valence electrons. The smallest absolute Gasteiger partial charge is 0.345 e. The summed E-state index contributed by atoms with van der Waals surface area (Å²) < 4.78 is 15.2. The number of aromatic nitrogens is 1. The third-order valence-electron chi connectivity index (χ3n) is 3.28. The lowest BCUT2D eigenvalue weighted by Crippen LogP contribution is -2.45. The Balaban J connectivity index is 2.37. The Hall–Kier alpha value is -2.26. The molecule has 0 aliphatic carbocycles. The second-order valence-corrected chi connectivity index (χ2v) is 4.67. The lowest BCUT2D eigenvalue weighted by Gasteiger charge is -2.33. The lowest BCUT2D eigenvalue weighted by molar-refractivity contribution is -0.384. The van der Waals surface area contributed by atoms with Gasteiger partial charge in [-0.3, -0.25) is 10.1 Å². The van der Waals surface area contributed by atoms with E-state index in [1.54, 1.807) is 12.0 Å². The molecule has 1 fully saturated rings. The summed E-state index contributed by atoms with van der Waals surface area (Å²) in [6.07, 6.45) is 1.15. The molecule has 1 aromatic rings. The number of pyridine rings is 1. The second-order valence-electron chi connectivity index (χ2n) is 4.67. The topological polar surface area (TPSA) is 104 Å². The third-order valence-corrected chi connectivity index (χ3v) is 3.28.